The molecule has 0 saturated carbocycles. The third-order valence-electron chi connectivity index (χ3n) is 3.35. The van der Waals surface area contributed by atoms with Crippen LogP contribution < -0.4 is 10.6 Å². The number of pyridine rings is 1. The van der Waals surface area contributed by atoms with Crippen LogP contribution in [0.15, 0.2) is 42.6 Å². The van der Waals surface area contributed by atoms with Crippen molar-refractivity contribution >= 4 is 33.0 Å². The van der Waals surface area contributed by atoms with Gasteiger partial charge in [-0.15, -0.1) is 5.10 Å². The molecule has 0 aliphatic rings. The minimum Gasteiger partial charge on any atom is -0.372 e. The fourth-order valence-corrected chi connectivity index (χ4v) is 2.72. The van der Waals surface area contributed by atoms with Gasteiger partial charge >= 0.3 is 0 Å². The zero-order valence-electron chi connectivity index (χ0n) is 13.7. The maximum atomic E-state index is 11.3. The molecule has 2 N–H and O–H groups in total. The Morgan fingerprint density at radius 3 is 2.72 bits per heavy atom. The van der Waals surface area contributed by atoms with Crippen LogP contribution in [0.2, 0.25) is 0 Å². The number of carbonyl (C=O) groups is 1. The number of hydrogen-bond acceptors (Lipinski definition) is 6. The second-order valence-corrected chi connectivity index (χ2v) is 7.80. The minimum atomic E-state index is -3.10. The summed E-state index contributed by atoms with van der Waals surface area (Å²) in [5.41, 5.74) is 3.10. The molecule has 0 unspecified atom stereocenters. The number of amides is 1. The first-order valence-corrected chi connectivity index (χ1v) is 9.52. The lowest BCUT2D eigenvalue weighted by molar-refractivity contribution is -0.114. The SMILES string of the molecule is CC(=O)Nc1nc2ccc(-c3cccc(NCS(C)(=O)=O)c3)cn2n1. The van der Waals surface area contributed by atoms with Crippen molar-refractivity contribution in [2.45, 2.75) is 6.92 Å². The number of nitrogens with one attached hydrogen (secondary N) is 2. The smallest absolute Gasteiger partial charge is 0.249 e. The first kappa shape index (κ1) is 16.9. The molecule has 8 nitrogen and oxygen atoms in total. The van der Waals surface area contributed by atoms with E-state index >= 15 is 0 Å². The van der Waals surface area contributed by atoms with E-state index in [1.807, 2.05) is 24.3 Å². The number of aromatic nitrogens is 3. The van der Waals surface area contributed by atoms with Crippen molar-refractivity contribution < 1.29 is 13.2 Å². The van der Waals surface area contributed by atoms with Crippen molar-refractivity contribution in [3.8, 4) is 11.1 Å². The molecule has 2 aromatic heterocycles. The van der Waals surface area contributed by atoms with E-state index in [2.05, 4.69) is 20.7 Å². The number of nitrogens with zero attached hydrogens (tertiary/aromatic N) is 3. The molecular formula is C16H17N5O3S. The molecule has 0 fully saturated rings. The summed E-state index contributed by atoms with van der Waals surface area (Å²) < 4.78 is 24.1. The van der Waals surface area contributed by atoms with Crippen molar-refractivity contribution in [3.63, 3.8) is 0 Å². The molecule has 0 saturated heterocycles. The van der Waals surface area contributed by atoms with Gasteiger partial charge < -0.3 is 5.32 Å². The number of sulfone groups is 1. The van der Waals surface area contributed by atoms with Gasteiger partial charge in [-0.3, -0.25) is 10.1 Å². The number of fused-ring (bicyclic) bond motifs is 1. The normalized spacial score (nSPS) is 11.4. The largest absolute Gasteiger partial charge is 0.372 e. The lowest BCUT2D eigenvalue weighted by Crippen LogP contribution is -2.12. The monoisotopic (exact) mass is 359 g/mol. The van der Waals surface area contributed by atoms with Gasteiger partial charge in [0.05, 0.1) is 0 Å². The lowest BCUT2D eigenvalue weighted by atomic mass is 10.1. The van der Waals surface area contributed by atoms with Crippen molar-refractivity contribution in [2.24, 2.45) is 0 Å². The van der Waals surface area contributed by atoms with Crippen LogP contribution in [-0.2, 0) is 14.6 Å². The van der Waals surface area contributed by atoms with Gasteiger partial charge in [-0.25, -0.2) is 12.9 Å². The predicted octanol–water partition coefficient (Wildman–Crippen LogP) is 1.77. The highest BCUT2D eigenvalue weighted by molar-refractivity contribution is 7.90. The van der Waals surface area contributed by atoms with Crippen LogP contribution in [0.3, 0.4) is 0 Å². The van der Waals surface area contributed by atoms with Crippen LogP contribution in [0.1, 0.15) is 6.92 Å². The summed E-state index contributed by atoms with van der Waals surface area (Å²) >= 11 is 0. The lowest BCUT2D eigenvalue weighted by Gasteiger charge is -2.08. The molecule has 0 radical (unpaired) electrons. The molecule has 1 aromatic carbocycles. The van der Waals surface area contributed by atoms with E-state index < -0.39 is 9.84 Å². The molecule has 1 amide bonds. The quantitative estimate of drug-likeness (QED) is 0.719. The van der Waals surface area contributed by atoms with E-state index in [4.69, 9.17) is 0 Å². The molecule has 2 heterocycles. The van der Waals surface area contributed by atoms with Crippen LogP contribution in [-0.4, -0.2) is 41.1 Å². The number of benzene rings is 1. The third-order valence-corrected chi connectivity index (χ3v) is 4.02. The van der Waals surface area contributed by atoms with Gasteiger partial charge in [0.25, 0.3) is 0 Å². The average Bonchev–Trinajstić information content (AvgIpc) is 2.93. The van der Waals surface area contributed by atoms with E-state index in [-0.39, 0.29) is 17.7 Å². The van der Waals surface area contributed by atoms with Gasteiger partial charge in [0, 0.05) is 30.6 Å². The Morgan fingerprint density at radius 2 is 2.00 bits per heavy atom. The van der Waals surface area contributed by atoms with E-state index in [0.717, 1.165) is 11.1 Å². The molecule has 3 aromatic rings. The summed E-state index contributed by atoms with van der Waals surface area (Å²) in [6.07, 6.45) is 2.97. The Bertz CT molecular complexity index is 1040. The van der Waals surface area contributed by atoms with E-state index in [1.54, 1.807) is 22.8 Å². The van der Waals surface area contributed by atoms with Crippen molar-refractivity contribution in [2.75, 3.05) is 22.8 Å². The van der Waals surface area contributed by atoms with Gasteiger partial charge in [-0.1, -0.05) is 12.1 Å². The molecule has 0 aliphatic heterocycles. The van der Waals surface area contributed by atoms with Gasteiger partial charge in [-0.05, 0) is 29.8 Å². The molecular weight excluding hydrogens is 342 g/mol. The van der Waals surface area contributed by atoms with Crippen molar-refractivity contribution in [1.82, 2.24) is 14.6 Å². The van der Waals surface area contributed by atoms with E-state index in [1.165, 1.54) is 13.2 Å². The van der Waals surface area contributed by atoms with Crippen LogP contribution in [0.4, 0.5) is 11.6 Å². The summed E-state index contributed by atoms with van der Waals surface area (Å²) in [6.45, 7) is 1.39. The molecule has 0 spiro atoms. The molecule has 25 heavy (non-hydrogen) atoms. The molecule has 9 heteroatoms. The molecule has 0 atom stereocenters. The maximum Gasteiger partial charge on any atom is 0.249 e. The average molecular weight is 359 g/mol. The minimum absolute atomic E-state index is 0.126. The van der Waals surface area contributed by atoms with Crippen molar-refractivity contribution in [1.29, 1.82) is 0 Å². The highest BCUT2D eigenvalue weighted by atomic mass is 32.2. The van der Waals surface area contributed by atoms with Crippen LogP contribution in [0.25, 0.3) is 16.8 Å². The summed E-state index contributed by atoms with van der Waals surface area (Å²) in [7, 11) is -3.10. The van der Waals surface area contributed by atoms with E-state index in [9.17, 15) is 13.2 Å². The summed E-state index contributed by atoms with van der Waals surface area (Å²) in [6, 6.07) is 11.1. The molecule has 3 rings (SSSR count). The predicted molar refractivity (Wildman–Crippen MR) is 96.1 cm³/mol. The van der Waals surface area contributed by atoms with Gasteiger partial charge in [-0.2, -0.15) is 4.98 Å². The number of rotatable bonds is 5. The maximum absolute atomic E-state index is 11.3. The number of anilines is 2. The van der Waals surface area contributed by atoms with Crippen molar-refractivity contribution in [3.05, 3.63) is 42.6 Å². The van der Waals surface area contributed by atoms with Gasteiger partial charge in [0.15, 0.2) is 15.5 Å². The van der Waals surface area contributed by atoms with E-state index in [0.29, 0.717) is 11.3 Å². The zero-order valence-corrected chi connectivity index (χ0v) is 14.5. The molecule has 130 valence electrons. The Kier molecular flexibility index (Phi) is 4.41. The number of hydrogen-bond donors (Lipinski definition) is 2. The Morgan fingerprint density at radius 1 is 1.20 bits per heavy atom. The fourth-order valence-electron chi connectivity index (χ4n) is 2.29. The summed E-state index contributed by atoms with van der Waals surface area (Å²) in [4.78, 5) is 15.3. The van der Waals surface area contributed by atoms with Crippen LogP contribution in [0.5, 0.6) is 0 Å². The molecule has 0 aliphatic carbocycles. The van der Waals surface area contributed by atoms with Crippen LogP contribution >= 0.6 is 0 Å². The highest BCUT2D eigenvalue weighted by Crippen LogP contribution is 2.23. The van der Waals surface area contributed by atoms with Gasteiger partial charge in [0.2, 0.25) is 11.9 Å². The standard InChI is InChI=1S/C16H17N5O3S/c1-11(22)18-16-19-15-7-6-13(9-21(15)20-16)12-4-3-5-14(8-12)17-10-25(2,23)24/h3-9,17H,10H2,1-2H3,(H,18,20,22). The molecule has 0 bridgehead atoms. The van der Waals surface area contributed by atoms with Crippen LogP contribution in [0, 0.1) is 0 Å². The topological polar surface area (TPSA) is 105 Å². The fraction of sp³-hybridized carbons (Fsp3) is 0.188. The number of carbonyl (C=O) groups excluding carboxylic acids is 1. The Hall–Kier alpha value is -2.94. The first-order valence-electron chi connectivity index (χ1n) is 7.46. The third kappa shape index (κ3) is 4.32. The first-order chi connectivity index (χ1) is 11.8. The summed E-state index contributed by atoms with van der Waals surface area (Å²) in [5, 5.41) is 9.64. The highest BCUT2D eigenvalue weighted by Gasteiger charge is 2.07. The Labute approximate surface area is 144 Å². The second kappa shape index (κ2) is 6.52. The zero-order chi connectivity index (χ0) is 18.0. The van der Waals surface area contributed by atoms with Gasteiger partial charge in [0.1, 0.15) is 5.88 Å². The second-order valence-electron chi connectivity index (χ2n) is 5.66. The summed E-state index contributed by atoms with van der Waals surface area (Å²) in [5.74, 6) is -0.118. The Balaban J connectivity index is 1.89.